The van der Waals surface area contributed by atoms with Crippen LogP contribution >= 0.6 is 0 Å². The Bertz CT molecular complexity index is 716. The molecule has 0 fully saturated rings. The molecule has 2 heterocycles. The Hall–Kier alpha value is -2.51. The molecular formula is C12H15N5O3. The van der Waals surface area contributed by atoms with E-state index in [1.165, 1.54) is 10.9 Å². The van der Waals surface area contributed by atoms with E-state index >= 15 is 0 Å². The molecule has 8 heteroatoms. The van der Waals surface area contributed by atoms with Gasteiger partial charge in [-0.05, 0) is 13.8 Å². The van der Waals surface area contributed by atoms with Gasteiger partial charge in [0.15, 0.2) is 5.82 Å². The van der Waals surface area contributed by atoms with Gasteiger partial charge in [0, 0.05) is 24.0 Å². The van der Waals surface area contributed by atoms with Gasteiger partial charge >= 0.3 is 11.7 Å². The number of hydrogen-bond acceptors (Lipinski definition) is 5. The lowest BCUT2D eigenvalue weighted by Crippen LogP contribution is -2.29. The molecule has 2 aromatic rings. The standard InChI is InChI=1S/C12H15N5O3/c1-7-9(4-11(18)19)8(2)17(12(20)14-7)5-10-15-13-6-16(10)3/h6H,4-5H2,1-3H3,(H,18,19). The first kappa shape index (κ1) is 13.9. The molecule has 0 aliphatic carbocycles. The van der Waals surface area contributed by atoms with E-state index in [2.05, 4.69) is 15.2 Å². The monoisotopic (exact) mass is 277 g/mol. The molecule has 0 saturated carbocycles. The van der Waals surface area contributed by atoms with Gasteiger partial charge in [-0.1, -0.05) is 0 Å². The van der Waals surface area contributed by atoms with Crippen molar-refractivity contribution in [2.24, 2.45) is 7.05 Å². The molecule has 1 N–H and O–H groups in total. The summed E-state index contributed by atoms with van der Waals surface area (Å²) < 4.78 is 3.11. The van der Waals surface area contributed by atoms with E-state index in [0.717, 1.165) is 0 Å². The maximum Gasteiger partial charge on any atom is 0.348 e. The first-order chi connectivity index (χ1) is 9.40. The van der Waals surface area contributed by atoms with Crippen molar-refractivity contribution in [1.29, 1.82) is 0 Å². The van der Waals surface area contributed by atoms with Crippen LogP contribution in [-0.4, -0.2) is 35.4 Å². The number of carboxylic acids is 1. The maximum atomic E-state index is 12.0. The number of aromatic nitrogens is 5. The van der Waals surface area contributed by atoms with Crippen LogP contribution in [-0.2, 0) is 24.8 Å². The van der Waals surface area contributed by atoms with Crippen LogP contribution in [0.4, 0.5) is 0 Å². The van der Waals surface area contributed by atoms with Gasteiger partial charge in [0.05, 0.1) is 13.0 Å². The van der Waals surface area contributed by atoms with Gasteiger partial charge in [-0.15, -0.1) is 10.2 Å². The van der Waals surface area contributed by atoms with Gasteiger partial charge in [0.2, 0.25) is 0 Å². The normalized spacial score (nSPS) is 10.8. The topological polar surface area (TPSA) is 103 Å². The SMILES string of the molecule is Cc1nc(=O)n(Cc2nncn2C)c(C)c1CC(=O)O. The second kappa shape index (κ2) is 5.24. The van der Waals surface area contributed by atoms with Crippen molar-refractivity contribution < 1.29 is 9.90 Å². The fourth-order valence-corrected chi connectivity index (χ4v) is 2.02. The minimum atomic E-state index is -0.957. The van der Waals surface area contributed by atoms with Crippen molar-refractivity contribution in [2.45, 2.75) is 26.8 Å². The van der Waals surface area contributed by atoms with Crippen molar-refractivity contribution in [3.63, 3.8) is 0 Å². The third kappa shape index (κ3) is 2.58. The zero-order valence-corrected chi connectivity index (χ0v) is 11.5. The summed E-state index contributed by atoms with van der Waals surface area (Å²) in [6.07, 6.45) is 1.37. The molecule has 0 aromatic carbocycles. The number of carbonyl (C=O) groups is 1. The fraction of sp³-hybridized carbons (Fsp3) is 0.417. The molecule has 106 valence electrons. The van der Waals surface area contributed by atoms with Crippen molar-refractivity contribution in [2.75, 3.05) is 0 Å². The number of aryl methyl sites for hydroxylation is 2. The minimum absolute atomic E-state index is 0.163. The van der Waals surface area contributed by atoms with Gasteiger partial charge in [0.1, 0.15) is 6.33 Å². The van der Waals surface area contributed by atoms with E-state index in [1.54, 1.807) is 25.5 Å². The first-order valence-corrected chi connectivity index (χ1v) is 6.01. The average Bonchev–Trinajstić information content (AvgIpc) is 2.75. The largest absolute Gasteiger partial charge is 0.481 e. The molecule has 0 atom stereocenters. The summed E-state index contributed by atoms with van der Waals surface area (Å²) >= 11 is 0. The lowest BCUT2D eigenvalue weighted by Gasteiger charge is -2.14. The summed E-state index contributed by atoms with van der Waals surface area (Å²) in [5.41, 5.74) is 1.17. The molecule has 0 amide bonds. The molecule has 2 rings (SSSR count). The van der Waals surface area contributed by atoms with Gasteiger partial charge in [-0.25, -0.2) is 4.79 Å². The molecule has 0 radical (unpaired) electrons. The summed E-state index contributed by atoms with van der Waals surface area (Å²) in [5, 5.41) is 16.6. The summed E-state index contributed by atoms with van der Waals surface area (Å²) in [6, 6.07) is 0. The van der Waals surface area contributed by atoms with Crippen LogP contribution in [0.3, 0.4) is 0 Å². The fourth-order valence-electron chi connectivity index (χ4n) is 2.02. The molecule has 0 bridgehead atoms. The van der Waals surface area contributed by atoms with Crippen LogP contribution in [0.2, 0.25) is 0 Å². The Balaban J connectivity index is 2.50. The molecule has 0 aliphatic rings. The molecule has 0 unspecified atom stereocenters. The number of rotatable bonds is 4. The van der Waals surface area contributed by atoms with Crippen molar-refractivity contribution >= 4 is 5.97 Å². The number of nitrogens with zero attached hydrogens (tertiary/aromatic N) is 5. The van der Waals surface area contributed by atoms with Crippen molar-refractivity contribution in [3.8, 4) is 0 Å². The molecule has 0 aliphatic heterocycles. The molecule has 0 spiro atoms. The number of hydrogen-bond donors (Lipinski definition) is 1. The quantitative estimate of drug-likeness (QED) is 0.820. The van der Waals surface area contributed by atoms with Gasteiger partial charge < -0.3 is 9.67 Å². The average molecular weight is 277 g/mol. The maximum absolute atomic E-state index is 12.0. The second-order valence-corrected chi connectivity index (χ2v) is 4.56. The van der Waals surface area contributed by atoms with Crippen LogP contribution in [0.15, 0.2) is 11.1 Å². The number of aliphatic carboxylic acids is 1. The third-order valence-corrected chi connectivity index (χ3v) is 3.21. The second-order valence-electron chi connectivity index (χ2n) is 4.56. The van der Waals surface area contributed by atoms with E-state index in [0.29, 0.717) is 22.8 Å². The molecule has 2 aromatic heterocycles. The highest BCUT2D eigenvalue weighted by atomic mass is 16.4. The van der Waals surface area contributed by atoms with Crippen molar-refractivity contribution in [3.05, 3.63) is 39.6 Å². The highest BCUT2D eigenvalue weighted by Gasteiger charge is 2.15. The Morgan fingerprint density at radius 1 is 1.40 bits per heavy atom. The molecule has 0 saturated heterocycles. The Kier molecular flexibility index (Phi) is 3.64. The van der Waals surface area contributed by atoms with E-state index in [9.17, 15) is 9.59 Å². The van der Waals surface area contributed by atoms with E-state index < -0.39 is 11.7 Å². The Morgan fingerprint density at radius 3 is 2.65 bits per heavy atom. The smallest absolute Gasteiger partial charge is 0.348 e. The molecule has 20 heavy (non-hydrogen) atoms. The zero-order valence-electron chi connectivity index (χ0n) is 11.5. The zero-order chi connectivity index (χ0) is 14.9. The van der Waals surface area contributed by atoms with Crippen LogP contribution in [0.1, 0.15) is 22.8 Å². The van der Waals surface area contributed by atoms with E-state index in [1.807, 2.05) is 0 Å². The molecular weight excluding hydrogens is 262 g/mol. The predicted molar refractivity (Wildman–Crippen MR) is 69.4 cm³/mol. The van der Waals surface area contributed by atoms with Crippen molar-refractivity contribution in [1.82, 2.24) is 24.3 Å². The molecule has 8 nitrogen and oxygen atoms in total. The van der Waals surface area contributed by atoms with Gasteiger partial charge in [-0.2, -0.15) is 4.98 Å². The highest BCUT2D eigenvalue weighted by Crippen LogP contribution is 2.11. The van der Waals surface area contributed by atoms with E-state index in [-0.39, 0.29) is 13.0 Å². The van der Waals surface area contributed by atoms with Crippen LogP contribution in [0, 0.1) is 13.8 Å². The van der Waals surface area contributed by atoms with E-state index in [4.69, 9.17) is 5.11 Å². The summed E-state index contributed by atoms with van der Waals surface area (Å²) in [7, 11) is 1.77. The minimum Gasteiger partial charge on any atom is -0.481 e. The van der Waals surface area contributed by atoms with Crippen LogP contribution in [0.5, 0.6) is 0 Å². The Labute approximate surface area is 114 Å². The summed E-state index contributed by atoms with van der Waals surface area (Å²) in [4.78, 5) is 26.8. The third-order valence-electron chi connectivity index (χ3n) is 3.21. The number of carboxylic acid groups (broad SMARTS) is 1. The lowest BCUT2D eigenvalue weighted by atomic mass is 10.1. The summed E-state index contributed by atoms with van der Waals surface area (Å²) in [6.45, 7) is 3.56. The lowest BCUT2D eigenvalue weighted by molar-refractivity contribution is -0.136. The summed E-state index contributed by atoms with van der Waals surface area (Å²) in [5.74, 6) is -0.357. The first-order valence-electron chi connectivity index (χ1n) is 6.01. The van der Waals surface area contributed by atoms with Gasteiger partial charge in [-0.3, -0.25) is 9.36 Å². The van der Waals surface area contributed by atoms with Gasteiger partial charge in [0.25, 0.3) is 0 Å². The highest BCUT2D eigenvalue weighted by molar-refractivity contribution is 5.70. The predicted octanol–water partition coefficient (Wildman–Crippen LogP) is -0.336. The Morgan fingerprint density at radius 2 is 2.10 bits per heavy atom. The van der Waals surface area contributed by atoms with Crippen LogP contribution in [0.25, 0.3) is 0 Å². The van der Waals surface area contributed by atoms with Crippen LogP contribution < -0.4 is 5.69 Å².